The maximum absolute atomic E-state index is 11.0. The summed E-state index contributed by atoms with van der Waals surface area (Å²) in [5.74, 6) is -2.31. The van der Waals surface area contributed by atoms with Gasteiger partial charge in [0, 0.05) is 12.1 Å². The highest BCUT2D eigenvalue weighted by Gasteiger charge is 2.17. The summed E-state index contributed by atoms with van der Waals surface area (Å²) in [6.45, 7) is 0. The molecule has 1 aromatic rings. The Hall–Kier alpha value is -2.15. The number of amides is 1. The number of nitro benzene ring substituents is 1. The lowest BCUT2D eigenvalue weighted by molar-refractivity contribution is -0.384. The van der Waals surface area contributed by atoms with Crippen LogP contribution in [0.3, 0.4) is 0 Å². The van der Waals surface area contributed by atoms with Gasteiger partial charge in [0.15, 0.2) is 0 Å². The summed E-state index contributed by atoms with van der Waals surface area (Å²) in [6.07, 6.45) is 0. The number of non-ortho nitro benzene ring substituents is 1. The predicted molar refractivity (Wildman–Crippen MR) is 59.4 cm³/mol. The molecule has 0 unspecified atom stereocenters. The van der Waals surface area contributed by atoms with E-state index >= 15 is 0 Å². The van der Waals surface area contributed by atoms with Crippen molar-refractivity contribution in [1.29, 1.82) is 0 Å². The van der Waals surface area contributed by atoms with Crippen LogP contribution in [-0.2, 0) is 4.79 Å². The number of hydrogen-bond donors (Lipinski definition) is 2. The number of nitrogens with zero attached hydrogens (tertiary/aromatic N) is 1. The lowest BCUT2D eigenvalue weighted by Crippen LogP contribution is -2.15. The zero-order valence-electron chi connectivity index (χ0n) is 8.34. The molecule has 0 atom stereocenters. The van der Waals surface area contributed by atoms with Gasteiger partial charge < -0.3 is 10.4 Å². The summed E-state index contributed by atoms with van der Waals surface area (Å²) < 4.78 is 0. The highest BCUT2D eigenvalue weighted by Crippen LogP contribution is 2.22. The van der Waals surface area contributed by atoms with Gasteiger partial charge in [-0.1, -0.05) is 0 Å². The van der Waals surface area contributed by atoms with E-state index in [0.29, 0.717) is 0 Å². The molecule has 1 rings (SSSR count). The van der Waals surface area contributed by atoms with Crippen LogP contribution in [0.4, 0.5) is 11.4 Å². The molecule has 1 amide bonds. The fraction of sp³-hybridized carbons (Fsp3) is 0.111. The van der Waals surface area contributed by atoms with Crippen LogP contribution in [0.25, 0.3) is 0 Å². The van der Waals surface area contributed by atoms with Gasteiger partial charge in [0.2, 0.25) is 5.91 Å². The lowest BCUT2D eigenvalue weighted by atomic mass is 10.1. The Morgan fingerprint density at radius 2 is 2.12 bits per heavy atom. The largest absolute Gasteiger partial charge is 0.478 e. The van der Waals surface area contributed by atoms with Crippen LogP contribution < -0.4 is 5.32 Å². The maximum Gasteiger partial charge on any atom is 0.338 e. The number of halogens is 1. The number of nitrogens with one attached hydrogen (secondary N) is 1. The minimum atomic E-state index is -1.38. The molecule has 0 bridgehead atoms. The topological polar surface area (TPSA) is 110 Å². The first-order valence-electron chi connectivity index (χ1n) is 4.33. The van der Waals surface area contributed by atoms with Crippen LogP contribution in [0.1, 0.15) is 10.4 Å². The quantitative estimate of drug-likeness (QED) is 0.483. The summed E-state index contributed by atoms with van der Waals surface area (Å²) in [5.41, 5.74) is -0.766. The molecule has 0 heterocycles. The fourth-order valence-electron chi connectivity index (χ4n) is 1.12. The summed E-state index contributed by atoms with van der Waals surface area (Å²) in [5, 5.41) is 21.6. The first kappa shape index (κ1) is 12.9. The number of aromatic carboxylic acids is 1. The van der Waals surface area contributed by atoms with Crippen molar-refractivity contribution >= 4 is 34.9 Å². The van der Waals surface area contributed by atoms with Gasteiger partial charge >= 0.3 is 5.97 Å². The van der Waals surface area contributed by atoms with E-state index in [1.807, 2.05) is 0 Å². The minimum Gasteiger partial charge on any atom is -0.478 e. The number of hydrogen-bond acceptors (Lipinski definition) is 4. The first-order chi connectivity index (χ1) is 7.95. The van der Waals surface area contributed by atoms with Gasteiger partial charge in [-0.15, -0.1) is 11.6 Å². The molecule has 1 aromatic carbocycles. The number of rotatable bonds is 4. The van der Waals surface area contributed by atoms with Crippen LogP contribution in [0, 0.1) is 10.1 Å². The molecule has 0 saturated heterocycles. The highest BCUT2D eigenvalue weighted by molar-refractivity contribution is 6.29. The summed E-state index contributed by atoms with van der Waals surface area (Å²) in [4.78, 5) is 31.6. The van der Waals surface area contributed by atoms with E-state index in [1.54, 1.807) is 0 Å². The van der Waals surface area contributed by atoms with Gasteiger partial charge in [-0.2, -0.15) is 0 Å². The summed E-state index contributed by atoms with van der Waals surface area (Å²) in [6, 6.07) is 3.11. The Balaban J connectivity index is 3.17. The van der Waals surface area contributed by atoms with Crippen LogP contribution in [0.15, 0.2) is 18.2 Å². The second-order valence-corrected chi connectivity index (χ2v) is 3.24. The van der Waals surface area contributed by atoms with Crippen LogP contribution in [-0.4, -0.2) is 27.8 Å². The Kier molecular flexibility index (Phi) is 4.00. The van der Waals surface area contributed by atoms with Gasteiger partial charge in [0.05, 0.1) is 16.2 Å². The molecule has 0 saturated carbocycles. The van der Waals surface area contributed by atoms with Crippen molar-refractivity contribution in [2.45, 2.75) is 0 Å². The normalized spacial score (nSPS) is 9.71. The molecule has 0 spiro atoms. The predicted octanol–water partition coefficient (Wildman–Crippen LogP) is 1.47. The minimum absolute atomic E-state index is 0.0336. The zero-order chi connectivity index (χ0) is 13.0. The Morgan fingerprint density at radius 3 is 2.59 bits per heavy atom. The molecule has 0 aliphatic carbocycles. The zero-order valence-corrected chi connectivity index (χ0v) is 9.10. The molecule has 0 aliphatic rings. The molecular weight excluding hydrogens is 252 g/mol. The van der Waals surface area contributed by atoms with E-state index in [0.717, 1.165) is 18.2 Å². The SMILES string of the molecule is O=C(CCl)Nc1ccc([N+](=O)[O-])cc1C(=O)O. The number of anilines is 1. The van der Waals surface area contributed by atoms with Crippen molar-refractivity contribution in [3.8, 4) is 0 Å². The van der Waals surface area contributed by atoms with Crippen molar-refractivity contribution < 1.29 is 19.6 Å². The number of carboxylic acids is 1. The first-order valence-corrected chi connectivity index (χ1v) is 4.86. The lowest BCUT2D eigenvalue weighted by Gasteiger charge is -2.06. The average Bonchev–Trinajstić information content (AvgIpc) is 2.28. The Bertz CT molecular complexity index is 488. The second kappa shape index (κ2) is 5.26. The van der Waals surface area contributed by atoms with Gasteiger partial charge in [-0.25, -0.2) is 4.79 Å². The van der Waals surface area contributed by atoms with Crippen molar-refractivity contribution in [1.82, 2.24) is 0 Å². The number of carbonyl (C=O) groups is 2. The van der Waals surface area contributed by atoms with Gasteiger partial charge in [-0.05, 0) is 6.07 Å². The van der Waals surface area contributed by atoms with Crippen molar-refractivity contribution in [2.75, 3.05) is 11.2 Å². The Morgan fingerprint density at radius 1 is 1.47 bits per heavy atom. The fourth-order valence-corrected chi connectivity index (χ4v) is 1.18. The van der Waals surface area contributed by atoms with Gasteiger partial charge in [0.25, 0.3) is 5.69 Å². The van der Waals surface area contributed by atoms with E-state index in [9.17, 15) is 19.7 Å². The number of benzene rings is 1. The molecule has 8 heteroatoms. The molecule has 90 valence electrons. The van der Waals surface area contributed by atoms with Crippen LogP contribution >= 0.6 is 11.6 Å². The molecule has 0 radical (unpaired) electrons. The molecular formula is C9H7ClN2O5. The molecule has 0 aliphatic heterocycles. The monoisotopic (exact) mass is 258 g/mol. The number of alkyl halides is 1. The maximum atomic E-state index is 11.0. The smallest absolute Gasteiger partial charge is 0.338 e. The number of nitro groups is 1. The summed E-state index contributed by atoms with van der Waals surface area (Å²) >= 11 is 5.25. The van der Waals surface area contributed by atoms with Crippen LogP contribution in [0.5, 0.6) is 0 Å². The Labute approximate surface area is 100 Å². The third-order valence-corrected chi connectivity index (χ3v) is 2.08. The van der Waals surface area contributed by atoms with E-state index in [4.69, 9.17) is 16.7 Å². The molecule has 0 fully saturated rings. The van der Waals surface area contributed by atoms with Crippen LogP contribution in [0.2, 0.25) is 0 Å². The van der Waals surface area contributed by atoms with E-state index in [-0.39, 0.29) is 22.8 Å². The number of carboxylic acid groups (broad SMARTS) is 1. The second-order valence-electron chi connectivity index (χ2n) is 2.97. The van der Waals surface area contributed by atoms with Gasteiger partial charge in [0.1, 0.15) is 5.88 Å². The van der Waals surface area contributed by atoms with Crippen molar-refractivity contribution in [3.05, 3.63) is 33.9 Å². The average molecular weight is 259 g/mol. The third-order valence-electron chi connectivity index (χ3n) is 1.84. The van der Waals surface area contributed by atoms with E-state index in [1.165, 1.54) is 0 Å². The molecule has 2 N–H and O–H groups in total. The molecule has 7 nitrogen and oxygen atoms in total. The standard InChI is InChI=1S/C9H7ClN2O5/c10-4-8(13)11-7-2-1-5(12(16)17)3-6(7)9(14)15/h1-3H,4H2,(H,11,13)(H,14,15). The highest BCUT2D eigenvalue weighted by atomic mass is 35.5. The molecule has 0 aromatic heterocycles. The third kappa shape index (κ3) is 3.15. The van der Waals surface area contributed by atoms with E-state index < -0.39 is 16.8 Å². The van der Waals surface area contributed by atoms with Crippen molar-refractivity contribution in [2.24, 2.45) is 0 Å². The number of carbonyl (C=O) groups excluding carboxylic acids is 1. The summed E-state index contributed by atoms with van der Waals surface area (Å²) in [7, 11) is 0. The molecule has 17 heavy (non-hydrogen) atoms. The van der Waals surface area contributed by atoms with Gasteiger partial charge in [-0.3, -0.25) is 14.9 Å². The van der Waals surface area contributed by atoms with E-state index in [2.05, 4.69) is 5.32 Å². The van der Waals surface area contributed by atoms with Crippen molar-refractivity contribution in [3.63, 3.8) is 0 Å².